The summed E-state index contributed by atoms with van der Waals surface area (Å²) in [6.45, 7) is 4.71. The predicted octanol–water partition coefficient (Wildman–Crippen LogP) is 3.14. The molecule has 4 rings (SSSR count). The number of rotatable bonds is 3. The Kier molecular flexibility index (Phi) is 4.40. The molecule has 0 unspecified atom stereocenters. The summed E-state index contributed by atoms with van der Waals surface area (Å²) < 4.78 is 46.3. The number of carboxylic acid groups (broad SMARTS) is 1. The average Bonchev–Trinajstić information content (AvgIpc) is 2.57. The third-order valence-corrected chi connectivity index (χ3v) is 5.24. The highest BCUT2D eigenvalue weighted by atomic mass is 19.4. The van der Waals surface area contributed by atoms with E-state index in [0.717, 1.165) is 17.8 Å². The van der Waals surface area contributed by atoms with Crippen molar-refractivity contribution in [1.82, 2.24) is 0 Å². The molecule has 8 heteroatoms. The number of hydrogen-bond acceptors (Lipinski definition) is 5. The van der Waals surface area contributed by atoms with Crippen molar-refractivity contribution >= 4 is 17.3 Å². The van der Waals surface area contributed by atoms with Crippen molar-refractivity contribution in [2.45, 2.75) is 25.6 Å². The molecule has 1 saturated heterocycles. The molecular formula is C21H20F3N2O3-. The zero-order valence-corrected chi connectivity index (χ0v) is 16.0. The number of carboxylic acids is 1. The Hall–Kier alpha value is -2.90. The fourth-order valence-electron chi connectivity index (χ4n) is 3.61. The fourth-order valence-corrected chi connectivity index (χ4v) is 3.61. The largest absolute Gasteiger partial charge is 0.550 e. The lowest BCUT2D eigenvalue weighted by atomic mass is 9.95. The Morgan fingerprint density at radius 3 is 2.62 bits per heavy atom. The molecule has 1 N–H and O–H groups in total. The van der Waals surface area contributed by atoms with Crippen LogP contribution in [-0.4, -0.2) is 31.2 Å². The molecule has 0 amide bonds. The first kappa shape index (κ1) is 19.4. The van der Waals surface area contributed by atoms with E-state index in [1.165, 1.54) is 0 Å². The Morgan fingerprint density at radius 2 is 1.97 bits per heavy atom. The van der Waals surface area contributed by atoms with Crippen LogP contribution >= 0.6 is 0 Å². The summed E-state index contributed by atoms with van der Waals surface area (Å²) in [6.07, 6.45) is -4.51. The van der Waals surface area contributed by atoms with Crippen molar-refractivity contribution < 1.29 is 27.8 Å². The Bertz CT molecular complexity index is 966. The van der Waals surface area contributed by atoms with E-state index in [4.69, 9.17) is 4.74 Å². The minimum atomic E-state index is -4.51. The van der Waals surface area contributed by atoms with E-state index in [1.807, 2.05) is 11.0 Å². The van der Waals surface area contributed by atoms with Crippen LogP contribution in [0.5, 0.6) is 5.75 Å². The van der Waals surface area contributed by atoms with E-state index in [0.29, 0.717) is 36.4 Å². The van der Waals surface area contributed by atoms with Gasteiger partial charge in [-0.25, -0.2) is 0 Å². The molecule has 0 saturated carbocycles. The summed E-state index contributed by atoms with van der Waals surface area (Å²) in [5.74, 6) is -1.46. The van der Waals surface area contributed by atoms with Gasteiger partial charge in [0.25, 0.3) is 0 Å². The van der Waals surface area contributed by atoms with Gasteiger partial charge < -0.3 is 24.9 Å². The minimum Gasteiger partial charge on any atom is -0.550 e. The third-order valence-electron chi connectivity index (χ3n) is 5.24. The topological polar surface area (TPSA) is 64.6 Å². The Morgan fingerprint density at radius 1 is 1.24 bits per heavy atom. The molecular weight excluding hydrogens is 385 g/mol. The summed E-state index contributed by atoms with van der Waals surface area (Å²) >= 11 is 0. The van der Waals surface area contributed by atoms with Crippen molar-refractivity contribution in [3.8, 4) is 16.9 Å². The number of nitrogens with one attached hydrogen (secondary N) is 1. The van der Waals surface area contributed by atoms with Crippen LogP contribution in [0.15, 0.2) is 36.4 Å². The zero-order chi connectivity index (χ0) is 21.0. The maximum absolute atomic E-state index is 13.5. The first-order valence-electron chi connectivity index (χ1n) is 9.28. The van der Waals surface area contributed by atoms with Crippen molar-refractivity contribution in [2.75, 3.05) is 29.9 Å². The van der Waals surface area contributed by atoms with E-state index in [1.54, 1.807) is 32.0 Å². The number of benzene rings is 2. The number of nitrogens with zero attached hydrogens (tertiary/aromatic N) is 1. The minimum absolute atomic E-state index is 0.164. The van der Waals surface area contributed by atoms with Gasteiger partial charge in [-0.05, 0) is 43.7 Å². The lowest BCUT2D eigenvalue weighted by molar-refractivity contribution is -0.312. The van der Waals surface area contributed by atoms with Gasteiger partial charge in [0.15, 0.2) is 0 Å². The normalized spacial score (nSPS) is 18.3. The number of carbonyl (C=O) groups excluding carboxylic acids is 1. The van der Waals surface area contributed by atoms with Crippen LogP contribution in [-0.2, 0) is 11.0 Å². The molecule has 0 aliphatic carbocycles. The number of hydrogen-bond donors (Lipinski definition) is 1. The van der Waals surface area contributed by atoms with E-state index in [-0.39, 0.29) is 5.75 Å². The van der Waals surface area contributed by atoms with Gasteiger partial charge in [-0.3, -0.25) is 0 Å². The summed E-state index contributed by atoms with van der Waals surface area (Å²) in [7, 11) is 0. The summed E-state index contributed by atoms with van der Waals surface area (Å²) in [4.78, 5) is 12.8. The maximum Gasteiger partial charge on any atom is 0.416 e. The quantitative estimate of drug-likeness (QED) is 0.850. The first-order chi connectivity index (χ1) is 13.5. The van der Waals surface area contributed by atoms with Gasteiger partial charge in [-0.1, -0.05) is 12.1 Å². The van der Waals surface area contributed by atoms with Crippen LogP contribution in [0.25, 0.3) is 11.1 Å². The fraction of sp³-hybridized carbons (Fsp3) is 0.381. The number of ether oxygens (including phenoxy) is 1. The molecule has 1 fully saturated rings. The number of anilines is 2. The van der Waals surface area contributed by atoms with Gasteiger partial charge >= 0.3 is 6.18 Å². The molecule has 0 aromatic heterocycles. The molecule has 0 spiro atoms. The van der Waals surface area contributed by atoms with Gasteiger partial charge in [-0.15, -0.1) is 0 Å². The molecule has 5 nitrogen and oxygen atoms in total. The van der Waals surface area contributed by atoms with E-state index in [9.17, 15) is 23.1 Å². The lowest BCUT2D eigenvalue weighted by Crippen LogP contribution is -2.54. The van der Waals surface area contributed by atoms with Gasteiger partial charge in [0.05, 0.1) is 17.8 Å². The predicted molar refractivity (Wildman–Crippen MR) is 101 cm³/mol. The molecule has 2 heterocycles. The number of halogens is 3. The Balaban J connectivity index is 1.75. The second kappa shape index (κ2) is 6.57. The molecule has 0 bridgehead atoms. The van der Waals surface area contributed by atoms with Crippen molar-refractivity contribution in [3.05, 3.63) is 42.0 Å². The average molecular weight is 405 g/mol. The van der Waals surface area contributed by atoms with Crippen LogP contribution in [0.3, 0.4) is 0 Å². The van der Waals surface area contributed by atoms with Crippen LogP contribution in [0.2, 0.25) is 0 Å². The number of carbonyl (C=O) groups is 1. The van der Waals surface area contributed by atoms with E-state index >= 15 is 0 Å². The monoisotopic (exact) mass is 405 g/mol. The Labute approximate surface area is 166 Å². The highest BCUT2D eigenvalue weighted by Gasteiger charge is 2.36. The molecule has 154 valence electrons. The SMILES string of the molecule is CC1(C)CNc2c(cc(C(F)(F)F)cc2-c2cccc(N3CC(C(=O)[O-])C3)c2)O1. The molecule has 2 aromatic carbocycles. The maximum atomic E-state index is 13.5. The van der Waals surface area contributed by atoms with Crippen LogP contribution in [0, 0.1) is 5.92 Å². The molecule has 0 radical (unpaired) electrons. The summed E-state index contributed by atoms with van der Waals surface area (Å²) in [6, 6.07) is 9.20. The van der Waals surface area contributed by atoms with Gasteiger partial charge in [-0.2, -0.15) is 13.2 Å². The van der Waals surface area contributed by atoms with Gasteiger partial charge in [0.2, 0.25) is 0 Å². The highest BCUT2D eigenvalue weighted by molar-refractivity contribution is 5.85. The third kappa shape index (κ3) is 3.71. The van der Waals surface area contributed by atoms with Crippen LogP contribution in [0.4, 0.5) is 24.5 Å². The van der Waals surface area contributed by atoms with Gasteiger partial charge in [0, 0.05) is 36.2 Å². The highest BCUT2D eigenvalue weighted by Crippen LogP contribution is 2.45. The lowest BCUT2D eigenvalue weighted by Gasteiger charge is -2.41. The second-order valence-electron chi connectivity index (χ2n) is 8.08. The molecule has 2 aliphatic rings. The number of alkyl halides is 3. The summed E-state index contributed by atoms with van der Waals surface area (Å²) in [5.41, 5.74) is 0.848. The zero-order valence-electron chi connectivity index (χ0n) is 16.0. The molecule has 29 heavy (non-hydrogen) atoms. The van der Waals surface area contributed by atoms with Crippen LogP contribution < -0.4 is 20.1 Å². The van der Waals surface area contributed by atoms with E-state index in [2.05, 4.69) is 5.32 Å². The van der Waals surface area contributed by atoms with E-state index < -0.39 is 29.2 Å². The summed E-state index contributed by atoms with van der Waals surface area (Å²) in [5, 5.41) is 14.1. The van der Waals surface area contributed by atoms with Crippen molar-refractivity contribution in [1.29, 1.82) is 0 Å². The molecule has 0 atom stereocenters. The first-order valence-corrected chi connectivity index (χ1v) is 9.28. The second-order valence-corrected chi connectivity index (χ2v) is 8.08. The van der Waals surface area contributed by atoms with Gasteiger partial charge in [0.1, 0.15) is 11.4 Å². The van der Waals surface area contributed by atoms with Crippen molar-refractivity contribution in [2.24, 2.45) is 5.92 Å². The standard InChI is InChI=1S/C21H21F3N2O3/c1-20(2)11-25-18-16(7-14(21(22,23)24)8-17(18)29-20)12-4-3-5-15(6-12)26-9-13(10-26)19(27)28/h3-8,13,25H,9-11H2,1-2H3,(H,27,28)/p-1. The number of fused-ring (bicyclic) bond motifs is 1. The van der Waals surface area contributed by atoms with Crippen LogP contribution in [0.1, 0.15) is 19.4 Å². The van der Waals surface area contributed by atoms with Crippen molar-refractivity contribution in [3.63, 3.8) is 0 Å². The smallest absolute Gasteiger partial charge is 0.416 e. The molecule has 2 aliphatic heterocycles. The number of aliphatic carboxylic acids is 1. The molecule has 2 aromatic rings.